The first kappa shape index (κ1) is 20.8. The van der Waals surface area contributed by atoms with E-state index in [2.05, 4.69) is 38.1 Å². The lowest BCUT2D eigenvalue weighted by Crippen LogP contribution is -2.15. The van der Waals surface area contributed by atoms with E-state index in [9.17, 15) is 9.59 Å². The maximum atomic E-state index is 12.1. The van der Waals surface area contributed by atoms with E-state index in [1.165, 1.54) is 13.3 Å². The molecule has 1 amide bonds. The van der Waals surface area contributed by atoms with Crippen molar-refractivity contribution in [3.05, 3.63) is 51.1 Å². The third-order valence-electron chi connectivity index (χ3n) is 3.90. The summed E-state index contributed by atoms with van der Waals surface area (Å²) in [5, 5.41) is 10.9. The molecule has 0 fully saturated rings. The van der Waals surface area contributed by atoms with E-state index < -0.39 is 5.97 Å². The fourth-order valence-corrected chi connectivity index (χ4v) is 3.42. The molecule has 0 unspecified atom stereocenters. The van der Waals surface area contributed by atoms with E-state index in [-0.39, 0.29) is 24.8 Å². The Morgan fingerprint density at radius 3 is 2.83 bits per heavy atom. The Labute approximate surface area is 181 Å². The van der Waals surface area contributed by atoms with Gasteiger partial charge in [0.15, 0.2) is 23.8 Å². The van der Waals surface area contributed by atoms with Crippen LogP contribution in [0.3, 0.4) is 0 Å². The fraction of sp³-hybridized carbons (Fsp3) is 0.200. The molecule has 9 heteroatoms. The van der Waals surface area contributed by atoms with Crippen LogP contribution in [0.4, 0.5) is 5.69 Å². The average Bonchev–Trinajstić information content (AvgIpc) is 3.02. The first-order valence-corrected chi connectivity index (χ1v) is 9.79. The quantitative estimate of drug-likeness (QED) is 0.269. The van der Waals surface area contributed by atoms with E-state index in [0.717, 1.165) is 3.57 Å². The zero-order valence-electron chi connectivity index (χ0n) is 15.8. The van der Waals surface area contributed by atoms with E-state index in [1.54, 1.807) is 19.1 Å². The van der Waals surface area contributed by atoms with E-state index in [1.807, 2.05) is 24.3 Å². The maximum Gasteiger partial charge on any atom is 0.344 e. The normalized spacial score (nSPS) is 14.0. The van der Waals surface area contributed by atoms with Gasteiger partial charge in [0, 0.05) is 5.56 Å². The number of anilines is 1. The van der Waals surface area contributed by atoms with Gasteiger partial charge in [-0.15, -0.1) is 5.10 Å². The van der Waals surface area contributed by atoms with Crippen molar-refractivity contribution in [1.29, 1.82) is 0 Å². The summed E-state index contributed by atoms with van der Waals surface area (Å²) in [5.74, 6) is 0.133. The molecule has 150 valence electrons. The molecule has 1 aliphatic rings. The van der Waals surface area contributed by atoms with Crippen molar-refractivity contribution < 1.29 is 23.8 Å². The second-order valence-corrected chi connectivity index (χ2v) is 6.98. The van der Waals surface area contributed by atoms with Gasteiger partial charge in [0.05, 0.1) is 29.2 Å². The number of carbonyl (C=O) groups is 2. The predicted molar refractivity (Wildman–Crippen MR) is 117 cm³/mol. The van der Waals surface area contributed by atoms with Crippen LogP contribution in [0, 0.1) is 3.57 Å². The molecular weight excluding hydrogens is 489 g/mol. The standard InChI is InChI=1S/C20H18IN3O5/c1-3-28-17(25)11-29-19-14(21)8-12(9-16(19)27-2)10-22-24-18-13-6-4-5-7-15(13)23-20(18)26/h4-10H,3,11H2,1-2H3,(H,23,24,26). The van der Waals surface area contributed by atoms with Gasteiger partial charge in [0.25, 0.3) is 5.91 Å². The Morgan fingerprint density at radius 1 is 1.28 bits per heavy atom. The van der Waals surface area contributed by atoms with Crippen LogP contribution in [0.2, 0.25) is 0 Å². The molecule has 0 aliphatic carbocycles. The summed E-state index contributed by atoms with van der Waals surface area (Å²) in [7, 11) is 1.50. The number of halogens is 1. The zero-order chi connectivity index (χ0) is 20.8. The lowest BCUT2D eigenvalue weighted by atomic mass is 10.1. The van der Waals surface area contributed by atoms with Crippen molar-refractivity contribution >= 4 is 52.1 Å². The molecular formula is C20H18IN3O5. The highest BCUT2D eigenvalue weighted by atomic mass is 127. The number of esters is 1. The van der Waals surface area contributed by atoms with Crippen LogP contribution in [-0.2, 0) is 14.3 Å². The van der Waals surface area contributed by atoms with Gasteiger partial charge in [0.2, 0.25) is 0 Å². The second-order valence-electron chi connectivity index (χ2n) is 5.82. The molecule has 1 heterocycles. The van der Waals surface area contributed by atoms with E-state index in [4.69, 9.17) is 14.2 Å². The van der Waals surface area contributed by atoms with Crippen molar-refractivity contribution in [2.75, 3.05) is 25.6 Å². The predicted octanol–water partition coefficient (Wildman–Crippen LogP) is 3.02. The van der Waals surface area contributed by atoms with Crippen molar-refractivity contribution in [1.82, 2.24) is 0 Å². The number of nitrogens with one attached hydrogen (secondary N) is 1. The van der Waals surface area contributed by atoms with Crippen LogP contribution in [0.1, 0.15) is 18.1 Å². The van der Waals surface area contributed by atoms with Crippen molar-refractivity contribution in [3.8, 4) is 11.5 Å². The highest BCUT2D eigenvalue weighted by molar-refractivity contribution is 14.1. The summed E-state index contributed by atoms with van der Waals surface area (Å²) in [5.41, 5.74) is 2.38. The summed E-state index contributed by atoms with van der Waals surface area (Å²) in [6.45, 7) is 1.81. The Hall–Kier alpha value is -2.95. The lowest BCUT2D eigenvalue weighted by Gasteiger charge is -2.12. The fourth-order valence-electron chi connectivity index (χ4n) is 2.64. The highest BCUT2D eigenvalue weighted by Crippen LogP contribution is 2.33. The van der Waals surface area contributed by atoms with Gasteiger partial charge >= 0.3 is 5.97 Å². The number of fused-ring (bicyclic) bond motifs is 1. The number of para-hydroxylation sites is 1. The van der Waals surface area contributed by atoms with Crippen LogP contribution in [-0.4, -0.2) is 44.1 Å². The molecule has 0 saturated heterocycles. The molecule has 2 aromatic carbocycles. The molecule has 1 N–H and O–H groups in total. The molecule has 0 bridgehead atoms. The molecule has 0 saturated carbocycles. The molecule has 2 aromatic rings. The van der Waals surface area contributed by atoms with Crippen LogP contribution in [0.25, 0.3) is 0 Å². The van der Waals surface area contributed by atoms with Crippen molar-refractivity contribution in [2.45, 2.75) is 6.92 Å². The Balaban J connectivity index is 1.79. The summed E-state index contributed by atoms with van der Waals surface area (Å²) < 4.78 is 16.5. The molecule has 29 heavy (non-hydrogen) atoms. The maximum absolute atomic E-state index is 12.1. The lowest BCUT2D eigenvalue weighted by molar-refractivity contribution is -0.145. The van der Waals surface area contributed by atoms with Gasteiger partial charge in [-0.3, -0.25) is 4.79 Å². The number of amides is 1. The number of ether oxygens (including phenoxy) is 3. The molecule has 0 aromatic heterocycles. The largest absolute Gasteiger partial charge is 0.493 e. The summed E-state index contributed by atoms with van der Waals surface area (Å²) in [6, 6.07) is 10.8. The minimum Gasteiger partial charge on any atom is -0.493 e. The van der Waals surface area contributed by atoms with Gasteiger partial charge in [-0.1, -0.05) is 18.2 Å². The Kier molecular flexibility index (Phi) is 6.81. The van der Waals surface area contributed by atoms with Crippen LogP contribution in [0.15, 0.2) is 46.6 Å². The third-order valence-corrected chi connectivity index (χ3v) is 4.70. The highest BCUT2D eigenvalue weighted by Gasteiger charge is 2.25. The van der Waals surface area contributed by atoms with Crippen LogP contribution >= 0.6 is 22.6 Å². The van der Waals surface area contributed by atoms with Gasteiger partial charge in [0.1, 0.15) is 0 Å². The number of hydrogen-bond acceptors (Lipinski definition) is 7. The van der Waals surface area contributed by atoms with Crippen molar-refractivity contribution in [2.24, 2.45) is 10.2 Å². The summed E-state index contributed by atoms with van der Waals surface area (Å²) in [6.07, 6.45) is 1.51. The van der Waals surface area contributed by atoms with Crippen LogP contribution in [0.5, 0.6) is 11.5 Å². The number of carbonyl (C=O) groups excluding carboxylic acids is 2. The molecule has 0 atom stereocenters. The molecule has 3 rings (SSSR count). The Morgan fingerprint density at radius 2 is 2.07 bits per heavy atom. The van der Waals surface area contributed by atoms with Crippen molar-refractivity contribution in [3.63, 3.8) is 0 Å². The minimum atomic E-state index is -0.457. The topological polar surface area (TPSA) is 98.6 Å². The number of rotatable bonds is 7. The number of hydrogen-bond donors (Lipinski definition) is 1. The first-order valence-electron chi connectivity index (χ1n) is 8.71. The van der Waals surface area contributed by atoms with Gasteiger partial charge in [-0.05, 0) is 53.3 Å². The zero-order valence-corrected chi connectivity index (χ0v) is 17.9. The van der Waals surface area contributed by atoms with Gasteiger partial charge in [-0.25, -0.2) is 4.79 Å². The van der Waals surface area contributed by atoms with Gasteiger partial charge < -0.3 is 19.5 Å². The Bertz CT molecular complexity index is 1000. The molecule has 1 aliphatic heterocycles. The third kappa shape index (κ3) is 4.91. The molecule has 0 spiro atoms. The average molecular weight is 507 g/mol. The second kappa shape index (κ2) is 9.50. The van der Waals surface area contributed by atoms with E-state index in [0.29, 0.717) is 28.3 Å². The van der Waals surface area contributed by atoms with Gasteiger partial charge in [-0.2, -0.15) is 5.10 Å². The number of nitrogens with zero attached hydrogens (tertiary/aromatic N) is 2. The number of methoxy groups -OCH3 is 1. The number of benzene rings is 2. The monoisotopic (exact) mass is 507 g/mol. The summed E-state index contributed by atoms with van der Waals surface area (Å²) in [4.78, 5) is 23.6. The van der Waals surface area contributed by atoms with Crippen LogP contribution < -0.4 is 14.8 Å². The smallest absolute Gasteiger partial charge is 0.344 e. The first-order chi connectivity index (χ1) is 14.0. The molecule has 8 nitrogen and oxygen atoms in total. The van der Waals surface area contributed by atoms with E-state index >= 15 is 0 Å². The molecule has 0 radical (unpaired) electrons. The minimum absolute atomic E-state index is 0.212. The SMILES string of the molecule is CCOC(=O)COc1c(I)cc(C=N/N=C2\C(=O)Nc3ccccc32)cc1OC. The summed E-state index contributed by atoms with van der Waals surface area (Å²) >= 11 is 2.08.